The van der Waals surface area contributed by atoms with Crippen molar-refractivity contribution in [2.75, 3.05) is 5.32 Å². The molecule has 0 aliphatic rings. The number of carbonyl (C=O) groups is 1. The van der Waals surface area contributed by atoms with E-state index in [0.717, 1.165) is 16.3 Å². The molecule has 2 aromatic heterocycles. The average Bonchev–Trinajstić information content (AvgIpc) is 3.32. The second-order valence-corrected chi connectivity index (χ2v) is 6.97. The molecule has 0 bridgehead atoms. The zero-order valence-electron chi connectivity index (χ0n) is 14.4. The second-order valence-electron chi connectivity index (χ2n) is 5.91. The fourth-order valence-electron chi connectivity index (χ4n) is 2.60. The monoisotopic (exact) mass is 378 g/mol. The normalized spacial score (nSPS) is 10.7. The number of nitrogens with one attached hydrogen (secondary N) is 1. The molecule has 0 fully saturated rings. The number of anilines is 1. The molecule has 2 aromatic carbocycles. The molecule has 0 atom stereocenters. The fourth-order valence-corrected chi connectivity index (χ4v) is 3.22. The minimum Gasteiger partial charge on any atom is -0.321 e. The van der Waals surface area contributed by atoms with Gasteiger partial charge in [-0.3, -0.25) is 4.79 Å². The predicted octanol–water partition coefficient (Wildman–Crippen LogP) is 4.70. The number of nitrogens with zero attached hydrogens (tertiary/aromatic N) is 3. The summed E-state index contributed by atoms with van der Waals surface area (Å²) in [5, 5.41) is 10.1. The van der Waals surface area contributed by atoms with Crippen molar-refractivity contribution in [2.45, 2.75) is 6.92 Å². The SMILES string of the molecule is Cc1nc(-c2ccc(NC(=O)c3ccn(-c4ccc(F)cc4)n3)cc2)cs1. The standard InChI is InChI=1S/C20H15FN4OS/c1-13-22-19(12-27-13)14-2-6-16(7-3-14)23-20(26)18-10-11-25(24-18)17-8-4-15(21)5-9-17/h2-12H,1H3,(H,23,26). The summed E-state index contributed by atoms with van der Waals surface area (Å²) in [5.41, 5.74) is 3.55. The topological polar surface area (TPSA) is 59.8 Å². The number of rotatable bonds is 4. The van der Waals surface area contributed by atoms with Crippen LogP contribution < -0.4 is 5.32 Å². The maximum Gasteiger partial charge on any atom is 0.276 e. The molecule has 0 saturated heterocycles. The number of hydrogen-bond donors (Lipinski definition) is 1. The van der Waals surface area contributed by atoms with Gasteiger partial charge in [-0.1, -0.05) is 12.1 Å². The van der Waals surface area contributed by atoms with Crippen LogP contribution in [0.1, 0.15) is 15.5 Å². The van der Waals surface area contributed by atoms with Crippen molar-refractivity contribution in [3.8, 4) is 16.9 Å². The predicted molar refractivity (Wildman–Crippen MR) is 104 cm³/mol. The van der Waals surface area contributed by atoms with Crippen molar-refractivity contribution in [2.24, 2.45) is 0 Å². The van der Waals surface area contributed by atoms with Gasteiger partial charge in [-0.15, -0.1) is 11.3 Å². The Hall–Kier alpha value is -3.32. The summed E-state index contributed by atoms with van der Waals surface area (Å²) in [6, 6.07) is 15.0. The number of thiazole rings is 1. The number of halogens is 1. The summed E-state index contributed by atoms with van der Waals surface area (Å²) in [6.45, 7) is 1.97. The van der Waals surface area contributed by atoms with Gasteiger partial charge >= 0.3 is 0 Å². The Morgan fingerprint density at radius 3 is 2.48 bits per heavy atom. The number of aromatic nitrogens is 3. The zero-order chi connectivity index (χ0) is 18.8. The van der Waals surface area contributed by atoms with E-state index in [-0.39, 0.29) is 17.4 Å². The van der Waals surface area contributed by atoms with Gasteiger partial charge < -0.3 is 5.32 Å². The van der Waals surface area contributed by atoms with E-state index in [9.17, 15) is 9.18 Å². The van der Waals surface area contributed by atoms with Gasteiger partial charge in [0.05, 0.1) is 16.4 Å². The van der Waals surface area contributed by atoms with Gasteiger partial charge in [-0.2, -0.15) is 5.10 Å². The minimum absolute atomic E-state index is 0.276. The lowest BCUT2D eigenvalue weighted by molar-refractivity contribution is 0.102. The summed E-state index contributed by atoms with van der Waals surface area (Å²) < 4.78 is 14.5. The summed E-state index contributed by atoms with van der Waals surface area (Å²) in [5.74, 6) is -0.631. The number of carbonyl (C=O) groups excluding carboxylic acids is 1. The molecule has 4 aromatic rings. The molecule has 134 valence electrons. The first kappa shape index (κ1) is 17.1. The molecule has 0 saturated carbocycles. The van der Waals surface area contributed by atoms with Crippen LogP contribution in [0.15, 0.2) is 66.2 Å². The highest BCUT2D eigenvalue weighted by Gasteiger charge is 2.11. The summed E-state index contributed by atoms with van der Waals surface area (Å²) >= 11 is 1.60. The average molecular weight is 378 g/mol. The number of benzene rings is 2. The van der Waals surface area contributed by atoms with Crippen LogP contribution in [0.25, 0.3) is 16.9 Å². The largest absolute Gasteiger partial charge is 0.321 e. The van der Waals surface area contributed by atoms with E-state index in [1.165, 1.54) is 16.8 Å². The first-order valence-corrected chi connectivity index (χ1v) is 9.12. The van der Waals surface area contributed by atoms with E-state index in [0.29, 0.717) is 11.4 Å². The fraction of sp³-hybridized carbons (Fsp3) is 0.0500. The third-order valence-electron chi connectivity index (χ3n) is 3.97. The first-order valence-electron chi connectivity index (χ1n) is 8.24. The Morgan fingerprint density at radius 1 is 1.07 bits per heavy atom. The third-order valence-corrected chi connectivity index (χ3v) is 4.74. The molecule has 5 nitrogen and oxygen atoms in total. The quantitative estimate of drug-likeness (QED) is 0.560. The Kier molecular flexibility index (Phi) is 4.52. The molecule has 0 aliphatic heterocycles. The van der Waals surface area contributed by atoms with Crippen molar-refractivity contribution in [1.82, 2.24) is 14.8 Å². The molecule has 0 aliphatic carbocycles. The molecule has 0 radical (unpaired) electrons. The Labute approximate surface area is 159 Å². The zero-order valence-corrected chi connectivity index (χ0v) is 15.2. The van der Waals surface area contributed by atoms with Gasteiger partial charge in [0.15, 0.2) is 5.69 Å². The van der Waals surface area contributed by atoms with Gasteiger partial charge in [-0.25, -0.2) is 14.1 Å². The van der Waals surface area contributed by atoms with E-state index < -0.39 is 0 Å². The van der Waals surface area contributed by atoms with Crippen LogP contribution in [0.5, 0.6) is 0 Å². The van der Waals surface area contributed by atoms with E-state index in [1.807, 2.05) is 36.6 Å². The van der Waals surface area contributed by atoms with Crippen LogP contribution in [0.4, 0.5) is 10.1 Å². The van der Waals surface area contributed by atoms with E-state index >= 15 is 0 Å². The summed E-state index contributed by atoms with van der Waals surface area (Å²) in [6.07, 6.45) is 1.66. The molecule has 2 heterocycles. The van der Waals surface area contributed by atoms with E-state index in [2.05, 4.69) is 15.4 Å². The van der Waals surface area contributed by atoms with Crippen molar-refractivity contribution in [1.29, 1.82) is 0 Å². The minimum atomic E-state index is -0.319. The Morgan fingerprint density at radius 2 is 1.81 bits per heavy atom. The molecule has 1 amide bonds. The first-order chi connectivity index (χ1) is 13.1. The van der Waals surface area contributed by atoms with Crippen LogP contribution in [0.3, 0.4) is 0 Å². The van der Waals surface area contributed by atoms with Gasteiger partial charge in [-0.05, 0) is 49.4 Å². The van der Waals surface area contributed by atoms with Crippen LogP contribution in [0.2, 0.25) is 0 Å². The van der Waals surface area contributed by atoms with Crippen LogP contribution in [-0.2, 0) is 0 Å². The molecule has 0 unspecified atom stereocenters. The number of hydrogen-bond acceptors (Lipinski definition) is 4. The molecular weight excluding hydrogens is 363 g/mol. The molecule has 1 N–H and O–H groups in total. The van der Waals surface area contributed by atoms with Crippen molar-refractivity contribution < 1.29 is 9.18 Å². The van der Waals surface area contributed by atoms with Crippen LogP contribution in [0, 0.1) is 12.7 Å². The molecule has 27 heavy (non-hydrogen) atoms. The smallest absolute Gasteiger partial charge is 0.276 e. The van der Waals surface area contributed by atoms with Gasteiger partial charge in [0.2, 0.25) is 0 Å². The van der Waals surface area contributed by atoms with Gasteiger partial charge in [0.1, 0.15) is 5.82 Å². The van der Waals surface area contributed by atoms with Crippen LogP contribution >= 0.6 is 11.3 Å². The lowest BCUT2D eigenvalue weighted by Gasteiger charge is -2.04. The molecular formula is C20H15FN4OS. The van der Waals surface area contributed by atoms with Crippen molar-refractivity contribution in [3.63, 3.8) is 0 Å². The van der Waals surface area contributed by atoms with Gasteiger partial charge in [0.25, 0.3) is 5.91 Å². The summed E-state index contributed by atoms with van der Waals surface area (Å²) in [7, 11) is 0. The van der Waals surface area contributed by atoms with Crippen LogP contribution in [-0.4, -0.2) is 20.7 Å². The number of aryl methyl sites for hydroxylation is 1. The molecule has 0 spiro atoms. The van der Waals surface area contributed by atoms with Crippen molar-refractivity contribution in [3.05, 3.63) is 82.7 Å². The van der Waals surface area contributed by atoms with E-state index in [4.69, 9.17) is 0 Å². The highest BCUT2D eigenvalue weighted by atomic mass is 32.1. The van der Waals surface area contributed by atoms with Crippen molar-refractivity contribution >= 4 is 22.9 Å². The van der Waals surface area contributed by atoms with Gasteiger partial charge in [0, 0.05) is 22.8 Å². The highest BCUT2D eigenvalue weighted by molar-refractivity contribution is 7.09. The highest BCUT2D eigenvalue weighted by Crippen LogP contribution is 2.23. The number of amides is 1. The lowest BCUT2D eigenvalue weighted by atomic mass is 10.1. The van der Waals surface area contributed by atoms with E-state index in [1.54, 1.807) is 35.7 Å². The maximum absolute atomic E-state index is 13.0. The third kappa shape index (κ3) is 3.78. The molecule has 7 heteroatoms. The lowest BCUT2D eigenvalue weighted by Crippen LogP contribution is -2.13. The second kappa shape index (κ2) is 7.13. The maximum atomic E-state index is 13.0. The Balaban J connectivity index is 1.47. The Bertz CT molecular complexity index is 1080. The molecule has 4 rings (SSSR count). The summed E-state index contributed by atoms with van der Waals surface area (Å²) in [4.78, 5) is 16.9.